The van der Waals surface area contributed by atoms with Gasteiger partial charge in [0.15, 0.2) is 0 Å². The molecule has 0 unspecified atom stereocenters. The highest BCUT2D eigenvalue weighted by molar-refractivity contribution is 7.78. The maximum absolute atomic E-state index is 4.78. The van der Waals surface area contributed by atoms with Gasteiger partial charge < -0.3 is 4.90 Å². The fraction of sp³-hybridized carbons (Fsp3) is 0.889. The zero-order valence-corrected chi connectivity index (χ0v) is 8.41. The summed E-state index contributed by atoms with van der Waals surface area (Å²) in [4.78, 5) is 2.11. The van der Waals surface area contributed by atoms with Crippen molar-refractivity contribution in [3.8, 4) is 0 Å². The highest BCUT2D eigenvalue weighted by Crippen LogP contribution is 1.96. The molecule has 0 atom stereocenters. The van der Waals surface area contributed by atoms with E-state index in [2.05, 4.69) is 24.2 Å². The third kappa shape index (κ3) is 6.29. The molecule has 0 aromatic heterocycles. The van der Waals surface area contributed by atoms with Crippen LogP contribution in [0.4, 0.5) is 0 Å². The van der Waals surface area contributed by atoms with E-state index in [4.69, 9.17) is 12.2 Å². The van der Waals surface area contributed by atoms with Crippen molar-refractivity contribution in [2.24, 2.45) is 0 Å². The molecule has 0 rings (SSSR count). The molecule has 1 nitrogen and oxygen atoms in total. The van der Waals surface area contributed by atoms with Crippen LogP contribution in [0.5, 0.6) is 0 Å². The SMILES string of the molecule is CCCCN([C]=S)CCCC. The molecule has 0 aromatic carbocycles. The van der Waals surface area contributed by atoms with Gasteiger partial charge >= 0.3 is 0 Å². The molecule has 0 fully saturated rings. The number of hydrogen-bond donors (Lipinski definition) is 0. The van der Waals surface area contributed by atoms with Crippen LogP contribution in [0.2, 0.25) is 0 Å². The van der Waals surface area contributed by atoms with Crippen LogP contribution in [0.15, 0.2) is 0 Å². The molecule has 0 spiro atoms. The average molecular weight is 172 g/mol. The van der Waals surface area contributed by atoms with Crippen LogP contribution < -0.4 is 0 Å². The van der Waals surface area contributed by atoms with Crippen LogP contribution in [0.1, 0.15) is 39.5 Å². The number of unbranched alkanes of at least 4 members (excludes halogenated alkanes) is 2. The first-order valence-electron chi connectivity index (χ1n) is 4.47. The second-order valence-corrected chi connectivity index (χ2v) is 2.97. The Morgan fingerprint density at radius 1 is 1.09 bits per heavy atom. The highest BCUT2D eigenvalue weighted by Gasteiger charge is 1.96. The molecule has 0 aliphatic carbocycles. The summed E-state index contributed by atoms with van der Waals surface area (Å²) in [6.45, 7) is 6.56. The smallest absolute Gasteiger partial charge is 0.136 e. The van der Waals surface area contributed by atoms with Crippen LogP contribution in [-0.4, -0.2) is 23.5 Å². The molecule has 0 N–H and O–H groups in total. The number of rotatable bonds is 7. The number of thiocarbonyl (C=S) groups is 1. The number of hydrogen-bond acceptors (Lipinski definition) is 1. The van der Waals surface area contributed by atoms with Crippen LogP contribution in [-0.2, 0) is 0 Å². The van der Waals surface area contributed by atoms with Gasteiger partial charge in [-0.3, -0.25) is 0 Å². The van der Waals surface area contributed by atoms with E-state index >= 15 is 0 Å². The highest BCUT2D eigenvalue weighted by atomic mass is 32.1. The van der Waals surface area contributed by atoms with Gasteiger partial charge in [0.2, 0.25) is 0 Å². The maximum atomic E-state index is 4.78. The second kappa shape index (κ2) is 7.99. The topological polar surface area (TPSA) is 3.24 Å². The molecular weight excluding hydrogens is 154 g/mol. The van der Waals surface area contributed by atoms with Gasteiger partial charge in [0.25, 0.3) is 0 Å². The molecule has 0 amide bonds. The monoisotopic (exact) mass is 172 g/mol. The Hall–Kier alpha value is -0.110. The van der Waals surface area contributed by atoms with Gasteiger partial charge in [0.05, 0.1) is 0 Å². The van der Waals surface area contributed by atoms with E-state index in [9.17, 15) is 0 Å². The summed E-state index contributed by atoms with van der Waals surface area (Å²) in [6.07, 6.45) is 4.93. The first-order valence-corrected chi connectivity index (χ1v) is 4.88. The lowest BCUT2D eigenvalue weighted by Crippen LogP contribution is -2.23. The van der Waals surface area contributed by atoms with Crippen molar-refractivity contribution in [2.75, 3.05) is 13.1 Å². The van der Waals surface area contributed by atoms with Crippen LogP contribution in [0.3, 0.4) is 0 Å². The largest absolute Gasteiger partial charge is 0.360 e. The van der Waals surface area contributed by atoms with Gasteiger partial charge in [-0.2, -0.15) is 0 Å². The van der Waals surface area contributed by atoms with E-state index < -0.39 is 0 Å². The predicted octanol–water partition coefficient (Wildman–Crippen LogP) is 2.72. The van der Waals surface area contributed by atoms with Gasteiger partial charge in [-0.05, 0) is 12.8 Å². The van der Waals surface area contributed by atoms with Crippen LogP contribution in [0, 0.1) is 0 Å². The first kappa shape index (κ1) is 10.9. The summed E-state index contributed by atoms with van der Waals surface area (Å²) < 4.78 is 0. The molecule has 65 valence electrons. The molecule has 2 heteroatoms. The summed E-state index contributed by atoms with van der Waals surface area (Å²) in [5.41, 5.74) is 2.79. The molecular formula is C9H18NS. The third-order valence-electron chi connectivity index (χ3n) is 1.69. The molecule has 0 aromatic rings. The van der Waals surface area contributed by atoms with Gasteiger partial charge in [-0.25, -0.2) is 0 Å². The molecule has 1 radical (unpaired) electrons. The molecule has 0 bridgehead atoms. The lowest BCUT2D eigenvalue weighted by Gasteiger charge is -2.16. The van der Waals surface area contributed by atoms with Crippen molar-refractivity contribution in [3.05, 3.63) is 0 Å². The Bertz CT molecular complexity index is 85.6. The van der Waals surface area contributed by atoms with Crippen molar-refractivity contribution >= 4 is 17.7 Å². The fourth-order valence-corrected chi connectivity index (χ4v) is 1.08. The lowest BCUT2D eigenvalue weighted by atomic mass is 10.3. The lowest BCUT2D eigenvalue weighted by molar-refractivity contribution is 0.414. The van der Waals surface area contributed by atoms with Gasteiger partial charge in [0, 0.05) is 13.1 Å². The van der Waals surface area contributed by atoms with Crippen molar-refractivity contribution in [2.45, 2.75) is 39.5 Å². The van der Waals surface area contributed by atoms with Crippen molar-refractivity contribution < 1.29 is 0 Å². The minimum absolute atomic E-state index is 1.08. The molecule has 0 aliphatic rings. The van der Waals surface area contributed by atoms with Gasteiger partial charge in [0.1, 0.15) is 5.49 Å². The van der Waals surface area contributed by atoms with Crippen LogP contribution in [0.25, 0.3) is 0 Å². The predicted molar refractivity (Wildman–Crippen MR) is 54.0 cm³/mol. The van der Waals surface area contributed by atoms with Crippen molar-refractivity contribution in [1.29, 1.82) is 0 Å². The van der Waals surface area contributed by atoms with Crippen molar-refractivity contribution in [1.82, 2.24) is 4.90 Å². The van der Waals surface area contributed by atoms with Crippen LogP contribution >= 0.6 is 12.2 Å². The van der Waals surface area contributed by atoms with E-state index in [1.165, 1.54) is 25.7 Å². The summed E-state index contributed by atoms with van der Waals surface area (Å²) >= 11 is 4.78. The molecule has 0 aliphatic heterocycles. The standard InChI is InChI=1S/C9H18NS/c1-3-5-7-10(9-11)8-6-4-2/h3-8H2,1-2H3. The fourth-order valence-electron chi connectivity index (χ4n) is 0.901. The van der Waals surface area contributed by atoms with Gasteiger partial charge in [-0.15, -0.1) is 0 Å². The second-order valence-electron chi connectivity index (χ2n) is 2.79. The Balaban J connectivity index is 3.33. The molecule has 0 heterocycles. The summed E-state index contributed by atoms with van der Waals surface area (Å²) in [5.74, 6) is 0. The van der Waals surface area contributed by atoms with Gasteiger partial charge in [-0.1, -0.05) is 38.9 Å². The number of nitrogens with zero attached hydrogens (tertiary/aromatic N) is 1. The van der Waals surface area contributed by atoms with E-state index in [1.54, 1.807) is 0 Å². The average Bonchev–Trinajstić information content (AvgIpc) is 2.05. The van der Waals surface area contributed by atoms with E-state index in [1.807, 2.05) is 0 Å². The minimum Gasteiger partial charge on any atom is -0.360 e. The van der Waals surface area contributed by atoms with E-state index in [0.717, 1.165) is 13.1 Å². The summed E-state index contributed by atoms with van der Waals surface area (Å²) in [6, 6.07) is 0. The third-order valence-corrected chi connectivity index (χ3v) is 1.95. The maximum Gasteiger partial charge on any atom is 0.136 e. The zero-order valence-electron chi connectivity index (χ0n) is 7.60. The van der Waals surface area contributed by atoms with E-state index in [0.29, 0.717) is 0 Å². The Labute approximate surface area is 75.8 Å². The molecule has 0 saturated carbocycles. The molecule has 11 heavy (non-hydrogen) atoms. The molecule has 0 saturated heterocycles. The zero-order chi connectivity index (χ0) is 8.53. The Kier molecular flexibility index (Phi) is 7.91. The summed E-state index contributed by atoms with van der Waals surface area (Å²) in [7, 11) is 0. The summed E-state index contributed by atoms with van der Waals surface area (Å²) in [5, 5.41) is 0. The Morgan fingerprint density at radius 2 is 1.55 bits per heavy atom. The normalized spacial score (nSPS) is 9.64. The minimum atomic E-state index is 1.08. The van der Waals surface area contributed by atoms with Crippen molar-refractivity contribution in [3.63, 3.8) is 0 Å². The van der Waals surface area contributed by atoms with E-state index in [-0.39, 0.29) is 0 Å². The quantitative estimate of drug-likeness (QED) is 0.429. The first-order chi connectivity index (χ1) is 5.35. The Morgan fingerprint density at radius 3 is 1.82 bits per heavy atom.